The summed E-state index contributed by atoms with van der Waals surface area (Å²) in [6, 6.07) is 10.0. The van der Waals surface area contributed by atoms with Crippen LogP contribution in [0.4, 0.5) is 5.69 Å². The zero-order chi connectivity index (χ0) is 18.4. The molecule has 0 radical (unpaired) electrons. The lowest BCUT2D eigenvalue weighted by atomic mass is 9.94. The van der Waals surface area contributed by atoms with Crippen LogP contribution in [0.5, 0.6) is 0 Å². The summed E-state index contributed by atoms with van der Waals surface area (Å²) in [5, 5.41) is 2.93. The molecule has 1 aromatic heterocycles. The number of carbonyl (C=O) groups is 1. The van der Waals surface area contributed by atoms with Gasteiger partial charge in [-0.2, -0.15) is 0 Å². The number of carbonyl (C=O) groups excluding carboxylic acids is 1. The van der Waals surface area contributed by atoms with Crippen molar-refractivity contribution in [2.24, 2.45) is 5.73 Å². The summed E-state index contributed by atoms with van der Waals surface area (Å²) in [6.07, 6.45) is 5.00. The van der Waals surface area contributed by atoms with Gasteiger partial charge in [0.05, 0.1) is 5.56 Å². The van der Waals surface area contributed by atoms with Crippen molar-refractivity contribution in [1.82, 2.24) is 10.3 Å². The van der Waals surface area contributed by atoms with E-state index in [1.54, 1.807) is 12.4 Å². The van der Waals surface area contributed by atoms with Gasteiger partial charge >= 0.3 is 0 Å². The van der Waals surface area contributed by atoms with Crippen molar-refractivity contribution in [3.63, 3.8) is 0 Å². The Balaban J connectivity index is 2.14. The highest BCUT2D eigenvalue weighted by atomic mass is 16.1. The van der Waals surface area contributed by atoms with Gasteiger partial charge in [0.15, 0.2) is 0 Å². The number of anilines is 1. The molecular formula is C20H28N4O. The molecule has 134 valence electrons. The van der Waals surface area contributed by atoms with Gasteiger partial charge in [-0.15, -0.1) is 0 Å². The summed E-state index contributed by atoms with van der Waals surface area (Å²) in [7, 11) is 4.01. The number of nitrogens with one attached hydrogen (secondary N) is 1. The monoisotopic (exact) mass is 340 g/mol. The van der Waals surface area contributed by atoms with E-state index in [9.17, 15) is 4.79 Å². The van der Waals surface area contributed by atoms with E-state index in [1.807, 2.05) is 63.2 Å². The van der Waals surface area contributed by atoms with Crippen molar-refractivity contribution in [2.45, 2.75) is 32.2 Å². The molecule has 5 heteroatoms. The normalized spacial score (nSPS) is 11.2. The molecule has 0 bridgehead atoms. The summed E-state index contributed by atoms with van der Waals surface area (Å²) in [6.45, 7) is 4.53. The first-order valence-electron chi connectivity index (χ1n) is 8.68. The van der Waals surface area contributed by atoms with Gasteiger partial charge in [-0.3, -0.25) is 9.78 Å². The van der Waals surface area contributed by atoms with Gasteiger partial charge in [-0.1, -0.05) is 26.0 Å². The molecule has 2 aromatic rings. The number of hydrogen-bond acceptors (Lipinski definition) is 4. The van der Waals surface area contributed by atoms with Gasteiger partial charge in [0.25, 0.3) is 5.91 Å². The first-order valence-corrected chi connectivity index (χ1v) is 8.68. The summed E-state index contributed by atoms with van der Waals surface area (Å²) in [5.41, 5.74) is 9.51. The third-order valence-corrected chi connectivity index (χ3v) is 4.73. The minimum atomic E-state index is -0.358. The first-order chi connectivity index (χ1) is 11.9. The second-order valence-corrected chi connectivity index (χ2v) is 6.66. The molecule has 0 unspecified atom stereocenters. The van der Waals surface area contributed by atoms with Crippen molar-refractivity contribution < 1.29 is 4.79 Å². The molecular weight excluding hydrogens is 312 g/mol. The van der Waals surface area contributed by atoms with E-state index in [4.69, 9.17) is 5.73 Å². The summed E-state index contributed by atoms with van der Waals surface area (Å²) in [4.78, 5) is 18.7. The fraction of sp³-hybridized carbons (Fsp3) is 0.400. The second-order valence-electron chi connectivity index (χ2n) is 6.66. The van der Waals surface area contributed by atoms with Gasteiger partial charge in [0.2, 0.25) is 0 Å². The van der Waals surface area contributed by atoms with Crippen LogP contribution in [0.1, 0.15) is 37.0 Å². The van der Waals surface area contributed by atoms with Crippen LogP contribution in [-0.4, -0.2) is 37.1 Å². The van der Waals surface area contributed by atoms with E-state index >= 15 is 0 Å². The van der Waals surface area contributed by atoms with Crippen LogP contribution in [0.15, 0.2) is 42.7 Å². The van der Waals surface area contributed by atoms with E-state index < -0.39 is 0 Å². The van der Waals surface area contributed by atoms with Gasteiger partial charge in [-0.05, 0) is 36.6 Å². The second kappa shape index (κ2) is 8.12. The van der Waals surface area contributed by atoms with Crippen molar-refractivity contribution in [3.05, 3.63) is 48.3 Å². The molecule has 1 amide bonds. The number of nitrogens with two attached hydrogens (primary N) is 1. The summed E-state index contributed by atoms with van der Waals surface area (Å²) in [5.74, 6) is -0.143. The minimum absolute atomic E-state index is 0.143. The molecule has 1 aromatic carbocycles. The Morgan fingerprint density at radius 2 is 1.76 bits per heavy atom. The van der Waals surface area contributed by atoms with Gasteiger partial charge < -0.3 is 16.0 Å². The summed E-state index contributed by atoms with van der Waals surface area (Å²) < 4.78 is 0. The third kappa shape index (κ3) is 4.79. The molecule has 2 rings (SSSR count). The van der Waals surface area contributed by atoms with Crippen LogP contribution in [0, 0.1) is 0 Å². The fourth-order valence-corrected chi connectivity index (χ4v) is 2.53. The van der Waals surface area contributed by atoms with E-state index in [1.165, 1.54) is 0 Å². The quantitative estimate of drug-likeness (QED) is 0.812. The van der Waals surface area contributed by atoms with Crippen molar-refractivity contribution in [1.29, 1.82) is 0 Å². The summed E-state index contributed by atoms with van der Waals surface area (Å²) >= 11 is 0. The Morgan fingerprint density at radius 1 is 1.12 bits per heavy atom. The molecule has 25 heavy (non-hydrogen) atoms. The highest BCUT2D eigenvalue weighted by Crippen LogP contribution is 2.22. The van der Waals surface area contributed by atoms with E-state index in [2.05, 4.69) is 10.3 Å². The lowest BCUT2D eigenvalue weighted by Gasteiger charge is -2.26. The SMILES string of the molecule is CCC(N)(CC)CNC(=O)c1cncc(-c2ccc(N(C)C)cc2)c1. The highest BCUT2D eigenvalue weighted by molar-refractivity contribution is 5.95. The average molecular weight is 340 g/mol. The number of benzene rings is 1. The molecule has 0 atom stereocenters. The van der Waals surface area contributed by atoms with Crippen LogP contribution in [0.2, 0.25) is 0 Å². The molecule has 0 saturated heterocycles. The Morgan fingerprint density at radius 3 is 2.32 bits per heavy atom. The van der Waals surface area contributed by atoms with Crippen LogP contribution >= 0.6 is 0 Å². The standard InChI is InChI=1S/C20H28N4O/c1-5-20(21,6-2)14-23-19(25)17-11-16(12-22-13-17)15-7-9-18(10-8-15)24(3)4/h7-13H,5-6,14,21H2,1-4H3,(H,23,25). The number of hydrogen-bond donors (Lipinski definition) is 2. The molecule has 0 aliphatic carbocycles. The predicted molar refractivity (Wildman–Crippen MR) is 104 cm³/mol. The lowest BCUT2D eigenvalue weighted by molar-refractivity contribution is 0.0942. The lowest BCUT2D eigenvalue weighted by Crippen LogP contribution is -2.49. The number of rotatable bonds is 7. The van der Waals surface area contributed by atoms with Crippen LogP contribution < -0.4 is 16.0 Å². The topological polar surface area (TPSA) is 71.2 Å². The Kier molecular flexibility index (Phi) is 6.15. The molecule has 5 nitrogen and oxygen atoms in total. The van der Waals surface area contributed by atoms with Crippen molar-refractivity contribution in [3.8, 4) is 11.1 Å². The van der Waals surface area contributed by atoms with Gasteiger partial charge in [-0.25, -0.2) is 0 Å². The zero-order valence-electron chi connectivity index (χ0n) is 15.5. The maximum absolute atomic E-state index is 12.4. The number of amides is 1. The molecule has 3 N–H and O–H groups in total. The number of nitrogens with zero attached hydrogens (tertiary/aromatic N) is 2. The average Bonchev–Trinajstić information content (AvgIpc) is 2.66. The van der Waals surface area contributed by atoms with E-state index in [0.717, 1.165) is 29.7 Å². The van der Waals surface area contributed by atoms with Crippen molar-refractivity contribution in [2.75, 3.05) is 25.5 Å². The zero-order valence-corrected chi connectivity index (χ0v) is 15.5. The molecule has 0 aliphatic rings. The maximum Gasteiger partial charge on any atom is 0.252 e. The smallest absolute Gasteiger partial charge is 0.252 e. The van der Waals surface area contributed by atoms with E-state index in [-0.39, 0.29) is 11.4 Å². The number of aromatic nitrogens is 1. The maximum atomic E-state index is 12.4. The molecule has 0 fully saturated rings. The highest BCUT2D eigenvalue weighted by Gasteiger charge is 2.21. The predicted octanol–water partition coefficient (Wildman–Crippen LogP) is 3.06. The van der Waals surface area contributed by atoms with Crippen LogP contribution in [0.3, 0.4) is 0 Å². The van der Waals surface area contributed by atoms with E-state index in [0.29, 0.717) is 12.1 Å². The Hall–Kier alpha value is -2.40. The molecule has 0 saturated carbocycles. The van der Waals surface area contributed by atoms with Crippen LogP contribution in [0.25, 0.3) is 11.1 Å². The molecule has 1 heterocycles. The Labute approximate surface area is 150 Å². The van der Waals surface area contributed by atoms with Gasteiger partial charge in [0, 0.05) is 49.8 Å². The van der Waals surface area contributed by atoms with Crippen molar-refractivity contribution >= 4 is 11.6 Å². The minimum Gasteiger partial charge on any atom is -0.378 e. The largest absolute Gasteiger partial charge is 0.378 e. The van der Waals surface area contributed by atoms with Gasteiger partial charge in [0.1, 0.15) is 0 Å². The first kappa shape index (κ1) is 18.9. The third-order valence-electron chi connectivity index (χ3n) is 4.73. The fourth-order valence-electron chi connectivity index (χ4n) is 2.53. The molecule has 0 spiro atoms. The Bertz CT molecular complexity index is 706. The molecule has 0 aliphatic heterocycles. The van der Waals surface area contributed by atoms with Crippen LogP contribution in [-0.2, 0) is 0 Å². The number of pyridine rings is 1.